The van der Waals surface area contributed by atoms with Crippen molar-refractivity contribution in [2.45, 2.75) is 20.8 Å². The molecule has 2 aliphatic rings. The SMILES string of the molecule is C=C(/C=N\NC1=NCCN1)/C=C(C)/C=C(C)/C=C(C)/C=N\NC1=NCCN1. The second kappa shape index (κ2) is 10.7. The van der Waals surface area contributed by atoms with Crippen LogP contribution >= 0.6 is 0 Å². The Kier molecular flexibility index (Phi) is 8.02. The van der Waals surface area contributed by atoms with E-state index in [0.29, 0.717) is 5.96 Å². The number of hydrazone groups is 2. The first-order valence-electron chi connectivity index (χ1n) is 8.91. The topological polar surface area (TPSA) is 97.6 Å². The van der Waals surface area contributed by atoms with Crippen molar-refractivity contribution in [1.82, 2.24) is 21.5 Å². The summed E-state index contributed by atoms with van der Waals surface area (Å²) in [5, 5.41) is 14.5. The van der Waals surface area contributed by atoms with Crippen LogP contribution < -0.4 is 21.5 Å². The lowest BCUT2D eigenvalue weighted by atomic mass is 10.1. The van der Waals surface area contributed by atoms with Crippen LogP contribution in [0.15, 0.2) is 67.3 Å². The maximum atomic E-state index is 4.21. The van der Waals surface area contributed by atoms with Crippen LogP contribution in [0, 0.1) is 0 Å². The van der Waals surface area contributed by atoms with Gasteiger partial charge < -0.3 is 10.6 Å². The summed E-state index contributed by atoms with van der Waals surface area (Å²) in [5.41, 5.74) is 9.79. The van der Waals surface area contributed by atoms with Gasteiger partial charge in [0.05, 0.1) is 25.5 Å². The van der Waals surface area contributed by atoms with Gasteiger partial charge in [-0.05, 0) is 31.9 Å². The van der Waals surface area contributed by atoms with E-state index in [1.807, 2.05) is 26.8 Å². The molecule has 0 spiro atoms. The van der Waals surface area contributed by atoms with Gasteiger partial charge in [-0.1, -0.05) is 36.0 Å². The summed E-state index contributed by atoms with van der Waals surface area (Å²) in [4.78, 5) is 8.41. The molecule has 0 unspecified atom stereocenters. The highest BCUT2D eigenvalue weighted by Crippen LogP contribution is 2.07. The van der Waals surface area contributed by atoms with E-state index in [-0.39, 0.29) is 0 Å². The molecule has 0 aromatic carbocycles. The average molecular weight is 368 g/mol. The van der Waals surface area contributed by atoms with E-state index in [4.69, 9.17) is 0 Å². The summed E-state index contributed by atoms with van der Waals surface area (Å²) in [6.45, 7) is 13.3. The normalized spacial score (nSPS) is 18.4. The van der Waals surface area contributed by atoms with Crippen molar-refractivity contribution in [1.29, 1.82) is 0 Å². The van der Waals surface area contributed by atoms with Gasteiger partial charge in [-0.15, -0.1) is 0 Å². The zero-order chi connectivity index (χ0) is 19.5. The first-order chi connectivity index (χ1) is 13.0. The van der Waals surface area contributed by atoms with Crippen LogP contribution in [-0.4, -0.2) is 50.5 Å². The van der Waals surface area contributed by atoms with Crippen molar-refractivity contribution in [3.63, 3.8) is 0 Å². The fourth-order valence-electron chi connectivity index (χ4n) is 2.49. The molecule has 27 heavy (non-hydrogen) atoms. The second-order valence-corrected chi connectivity index (χ2v) is 6.29. The van der Waals surface area contributed by atoms with Crippen molar-refractivity contribution in [2.24, 2.45) is 20.2 Å². The Balaban J connectivity index is 1.82. The minimum Gasteiger partial charge on any atom is -0.353 e. The summed E-state index contributed by atoms with van der Waals surface area (Å²) in [6.07, 6.45) is 9.57. The van der Waals surface area contributed by atoms with Crippen LogP contribution in [0.1, 0.15) is 20.8 Å². The molecule has 2 rings (SSSR count). The number of allylic oxidation sites excluding steroid dienone is 7. The highest BCUT2D eigenvalue weighted by molar-refractivity contribution is 5.86. The third-order valence-corrected chi connectivity index (χ3v) is 3.51. The minimum absolute atomic E-state index is 0.697. The summed E-state index contributed by atoms with van der Waals surface area (Å²) in [6, 6.07) is 0. The maximum absolute atomic E-state index is 4.21. The molecule has 0 aromatic heterocycles. The van der Waals surface area contributed by atoms with Gasteiger partial charge in [-0.2, -0.15) is 10.2 Å². The standard InChI is InChI=1S/C19H28N8/c1-14(10-16(3)12-24-26-18-20-5-6-21-18)9-15(2)11-17(4)13-25-27-19-22-7-8-23-19/h9-13H,3,5-8H2,1-2,4H3,(H2,20,21,26)(H2,22,23,27)/b14-10+,15-9+,17-11+,24-12-,25-13-. The molecule has 8 heteroatoms. The summed E-state index contributed by atoms with van der Waals surface area (Å²) in [5.74, 6) is 1.42. The van der Waals surface area contributed by atoms with Crippen LogP contribution in [0.3, 0.4) is 0 Å². The lowest BCUT2D eigenvalue weighted by Crippen LogP contribution is -2.30. The third-order valence-electron chi connectivity index (χ3n) is 3.51. The predicted octanol–water partition coefficient (Wildman–Crippen LogP) is 1.45. The molecule has 0 radical (unpaired) electrons. The maximum Gasteiger partial charge on any atom is 0.212 e. The minimum atomic E-state index is 0.697. The Morgan fingerprint density at radius 2 is 1.37 bits per heavy atom. The zero-order valence-corrected chi connectivity index (χ0v) is 16.2. The molecule has 2 aliphatic heterocycles. The van der Waals surface area contributed by atoms with E-state index in [9.17, 15) is 0 Å². The number of nitrogens with zero attached hydrogens (tertiary/aromatic N) is 4. The fraction of sp³-hybridized carbons (Fsp3) is 0.368. The predicted molar refractivity (Wildman–Crippen MR) is 114 cm³/mol. The van der Waals surface area contributed by atoms with E-state index in [1.165, 1.54) is 0 Å². The number of guanidine groups is 2. The van der Waals surface area contributed by atoms with Crippen molar-refractivity contribution >= 4 is 24.3 Å². The molecule has 4 N–H and O–H groups in total. The van der Waals surface area contributed by atoms with Crippen molar-refractivity contribution < 1.29 is 0 Å². The lowest BCUT2D eigenvalue weighted by molar-refractivity contribution is 0.919. The van der Waals surface area contributed by atoms with Gasteiger partial charge in [-0.3, -0.25) is 0 Å². The number of aliphatic imine (C=N–C) groups is 2. The second-order valence-electron chi connectivity index (χ2n) is 6.29. The molecule has 0 amide bonds. The molecule has 8 nitrogen and oxygen atoms in total. The Morgan fingerprint density at radius 1 is 0.852 bits per heavy atom. The van der Waals surface area contributed by atoms with E-state index >= 15 is 0 Å². The van der Waals surface area contributed by atoms with Gasteiger partial charge in [0, 0.05) is 13.1 Å². The smallest absolute Gasteiger partial charge is 0.212 e. The van der Waals surface area contributed by atoms with E-state index in [2.05, 4.69) is 60.4 Å². The molecule has 144 valence electrons. The Labute approximate surface area is 160 Å². The van der Waals surface area contributed by atoms with Crippen molar-refractivity contribution in [3.8, 4) is 0 Å². The van der Waals surface area contributed by atoms with Crippen LogP contribution in [0.2, 0.25) is 0 Å². The van der Waals surface area contributed by atoms with Crippen LogP contribution in [0.5, 0.6) is 0 Å². The first kappa shape index (κ1) is 20.2. The Bertz CT molecular complexity index is 750. The molecule has 0 bridgehead atoms. The Hall–Kier alpha value is -3.16. The van der Waals surface area contributed by atoms with Gasteiger partial charge in [0.25, 0.3) is 0 Å². The van der Waals surface area contributed by atoms with Gasteiger partial charge >= 0.3 is 0 Å². The Morgan fingerprint density at radius 3 is 1.93 bits per heavy atom. The molecular formula is C19H28N8. The van der Waals surface area contributed by atoms with E-state index in [1.54, 1.807) is 12.4 Å². The quantitative estimate of drug-likeness (QED) is 0.311. The monoisotopic (exact) mass is 368 g/mol. The summed E-state index contributed by atoms with van der Waals surface area (Å²) >= 11 is 0. The molecule has 0 saturated heterocycles. The molecule has 0 aliphatic carbocycles. The molecule has 0 fully saturated rings. The number of hydrogen-bond acceptors (Lipinski definition) is 8. The van der Waals surface area contributed by atoms with Crippen molar-refractivity contribution in [3.05, 3.63) is 47.1 Å². The molecular weight excluding hydrogens is 340 g/mol. The van der Waals surface area contributed by atoms with Crippen LogP contribution in [0.4, 0.5) is 0 Å². The highest BCUT2D eigenvalue weighted by atomic mass is 15.4. The van der Waals surface area contributed by atoms with Crippen LogP contribution in [0.25, 0.3) is 0 Å². The number of nitrogens with one attached hydrogen (secondary N) is 4. The van der Waals surface area contributed by atoms with Gasteiger partial charge in [-0.25, -0.2) is 20.8 Å². The molecule has 0 aromatic rings. The largest absolute Gasteiger partial charge is 0.353 e. The number of rotatable bonds is 7. The van der Waals surface area contributed by atoms with E-state index in [0.717, 1.165) is 54.4 Å². The van der Waals surface area contributed by atoms with Crippen molar-refractivity contribution in [2.75, 3.05) is 26.2 Å². The average Bonchev–Trinajstić information content (AvgIpc) is 3.28. The first-order valence-corrected chi connectivity index (χ1v) is 8.91. The number of hydrogen-bond donors (Lipinski definition) is 4. The fourth-order valence-corrected chi connectivity index (χ4v) is 2.49. The van der Waals surface area contributed by atoms with E-state index < -0.39 is 0 Å². The lowest BCUT2D eigenvalue weighted by Gasteiger charge is -2.00. The molecule has 0 saturated carbocycles. The van der Waals surface area contributed by atoms with Gasteiger partial charge in [0.1, 0.15) is 0 Å². The van der Waals surface area contributed by atoms with Gasteiger partial charge in [0.15, 0.2) is 0 Å². The highest BCUT2D eigenvalue weighted by Gasteiger charge is 2.02. The molecule has 0 atom stereocenters. The summed E-state index contributed by atoms with van der Waals surface area (Å²) < 4.78 is 0. The van der Waals surface area contributed by atoms with Gasteiger partial charge in [0.2, 0.25) is 11.9 Å². The summed E-state index contributed by atoms with van der Waals surface area (Å²) in [7, 11) is 0. The van der Waals surface area contributed by atoms with Crippen LogP contribution in [-0.2, 0) is 0 Å². The molecule has 2 heterocycles. The third kappa shape index (κ3) is 8.17. The zero-order valence-electron chi connectivity index (χ0n) is 16.2.